The fraction of sp³-hybridized carbons (Fsp3) is 0. The largest absolute Gasteiger partial charge is 0.298 e. The molecule has 0 fully saturated rings. The van der Waals surface area contributed by atoms with E-state index in [9.17, 15) is 9.18 Å². The number of nitrogens with zero attached hydrogens (tertiary/aromatic N) is 1. The van der Waals surface area contributed by atoms with E-state index in [4.69, 9.17) is 0 Å². The summed E-state index contributed by atoms with van der Waals surface area (Å²) in [6, 6.07) is 4.44. The number of carbonyl (C=O) groups excluding carboxylic acids is 1. The minimum absolute atomic E-state index is 0.336. The molecule has 2 nitrogen and oxygen atoms in total. The van der Waals surface area contributed by atoms with Gasteiger partial charge in [0.2, 0.25) is 0 Å². The Morgan fingerprint density at radius 3 is 3.00 bits per heavy atom. The monoisotopic (exact) mass is 239 g/mol. The average molecular weight is 239 g/mol. The van der Waals surface area contributed by atoms with Crippen molar-refractivity contribution in [1.82, 2.24) is 4.98 Å². The normalized spacial score (nSPS) is 10.2. The van der Waals surface area contributed by atoms with Crippen LogP contribution in [0.2, 0.25) is 0 Å². The smallest absolute Gasteiger partial charge is 0.154 e. The average Bonchev–Trinajstić information content (AvgIpc) is 2.74. The van der Waals surface area contributed by atoms with Crippen molar-refractivity contribution < 1.29 is 9.18 Å². The lowest BCUT2D eigenvalue weighted by molar-refractivity contribution is 0.112. The highest BCUT2D eigenvalue weighted by Gasteiger charge is 2.10. The third kappa shape index (κ3) is 2.24. The van der Waals surface area contributed by atoms with Gasteiger partial charge in [-0.15, -0.1) is 11.3 Å². The molecule has 76 valence electrons. The Morgan fingerprint density at radius 1 is 1.47 bits per heavy atom. The van der Waals surface area contributed by atoms with E-state index in [1.165, 1.54) is 35.2 Å². The van der Waals surface area contributed by atoms with Crippen LogP contribution in [0.3, 0.4) is 0 Å². The van der Waals surface area contributed by atoms with Crippen LogP contribution in [0.1, 0.15) is 10.4 Å². The third-order valence-electron chi connectivity index (χ3n) is 1.72. The van der Waals surface area contributed by atoms with Crippen molar-refractivity contribution in [3.8, 4) is 0 Å². The molecule has 0 atom stereocenters. The van der Waals surface area contributed by atoms with Gasteiger partial charge < -0.3 is 0 Å². The predicted molar refractivity (Wildman–Crippen MR) is 58.0 cm³/mol. The van der Waals surface area contributed by atoms with Crippen molar-refractivity contribution in [3.63, 3.8) is 0 Å². The highest BCUT2D eigenvalue weighted by molar-refractivity contribution is 8.01. The van der Waals surface area contributed by atoms with Crippen molar-refractivity contribution in [3.05, 3.63) is 41.2 Å². The Kier molecular flexibility index (Phi) is 3.13. The molecular weight excluding hydrogens is 233 g/mol. The van der Waals surface area contributed by atoms with Crippen LogP contribution in [0.5, 0.6) is 0 Å². The van der Waals surface area contributed by atoms with E-state index in [0.717, 1.165) is 4.34 Å². The van der Waals surface area contributed by atoms with Gasteiger partial charge in [0, 0.05) is 17.1 Å². The lowest BCUT2D eigenvalue weighted by atomic mass is 10.2. The summed E-state index contributed by atoms with van der Waals surface area (Å²) in [6.07, 6.45) is 2.30. The first-order chi connectivity index (χ1) is 7.31. The topological polar surface area (TPSA) is 30.0 Å². The second-order valence-electron chi connectivity index (χ2n) is 2.68. The highest BCUT2D eigenvalue weighted by Crippen LogP contribution is 2.32. The zero-order valence-corrected chi connectivity index (χ0v) is 9.15. The Labute approximate surface area is 94.2 Å². The molecule has 0 amide bonds. The van der Waals surface area contributed by atoms with Gasteiger partial charge in [-0.1, -0.05) is 23.9 Å². The van der Waals surface area contributed by atoms with Crippen molar-refractivity contribution >= 4 is 29.4 Å². The third-order valence-corrected chi connectivity index (χ3v) is 3.74. The quantitative estimate of drug-likeness (QED) is 0.770. The minimum Gasteiger partial charge on any atom is -0.298 e. The van der Waals surface area contributed by atoms with Gasteiger partial charge in [-0.05, 0) is 6.07 Å². The molecule has 1 aromatic heterocycles. The first-order valence-corrected chi connectivity index (χ1v) is 5.82. The molecule has 0 radical (unpaired) electrons. The van der Waals surface area contributed by atoms with Gasteiger partial charge in [0.05, 0.1) is 4.90 Å². The molecule has 0 saturated heterocycles. The molecule has 2 aromatic rings. The lowest BCUT2D eigenvalue weighted by Crippen LogP contribution is -1.89. The number of halogens is 1. The minimum atomic E-state index is -0.389. The van der Waals surface area contributed by atoms with E-state index < -0.39 is 0 Å². The number of aromatic nitrogens is 1. The Bertz CT molecular complexity index is 470. The van der Waals surface area contributed by atoms with Gasteiger partial charge in [0.25, 0.3) is 0 Å². The summed E-state index contributed by atoms with van der Waals surface area (Å²) < 4.78 is 14.2. The standard InChI is InChI=1S/C10H6FNOS2/c11-8-3-1-2-7(6-13)9(8)15-10-12-4-5-14-10/h1-6H. The van der Waals surface area contributed by atoms with Gasteiger partial charge in [-0.25, -0.2) is 9.37 Å². The molecule has 0 unspecified atom stereocenters. The van der Waals surface area contributed by atoms with Crippen LogP contribution in [-0.4, -0.2) is 11.3 Å². The van der Waals surface area contributed by atoms with Crippen molar-refractivity contribution in [1.29, 1.82) is 0 Å². The molecule has 1 aromatic carbocycles. The van der Waals surface area contributed by atoms with Crippen LogP contribution in [0, 0.1) is 5.82 Å². The summed E-state index contributed by atoms with van der Waals surface area (Å²) >= 11 is 2.59. The van der Waals surface area contributed by atoms with E-state index in [0.29, 0.717) is 16.7 Å². The number of benzene rings is 1. The van der Waals surface area contributed by atoms with Gasteiger partial charge in [0.15, 0.2) is 10.6 Å². The number of hydrogen-bond donors (Lipinski definition) is 0. The van der Waals surface area contributed by atoms with Crippen molar-refractivity contribution in [2.75, 3.05) is 0 Å². The Hall–Kier alpha value is -1.20. The molecule has 0 N–H and O–H groups in total. The maximum Gasteiger partial charge on any atom is 0.154 e. The van der Waals surface area contributed by atoms with Crippen molar-refractivity contribution in [2.24, 2.45) is 0 Å². The van der Waals surface area contributed by atoms with Crippen LogP contribution in [0.4, 0.5) is 4.39 Å². The first-order valence-electron chi connectivity index (χ1n) is 4.12. The number of carbonyl (C=O) groups is 1. The SMILES string of the molecule is O=Cc1cccc(F)c1Sc1nccs1. The zero-order chi connectivity index (χ0) is 10.7. The number of rotatable bonds is 3. The Balaban J connectivity index is 2.38. The summed E-state index contributed by atoms with van der Waals surface area (Å²) in [5.41, 5.74) is 0.357. The lowest BCUT2D eigenvalue weighted by Gasteiger charge is -2.02. The number of aldehydes is 1. The molecule has 0 spiro atoms. The molecule has 15 heavy (non-hydrogen) atoms. The molecule has 0 bridgehead atoms. The number of thiazole rings is 1. The van der Waals surface area contributed by atoms with Crippen molar-refractivity contribution in [2.45, 2.75) is 9.24 Å². The Morgan fingerprint density at radius 2 is 2.33 bits per heavy atom. The van der Waals surface area contributed by atoms with Crippen LogP contribution in [0.15, 0.2) is 39.0 Å². The molecule has 0 aliphatic heterocycles. The fourth-order valence-corrected chi connectivity index (χ4v) is 2.73. The summed E-state index contributed by atoms with van der Waals surface area (Å²) in [6.45, 7) is 0. The van der Waals surface area contributed by atoms with Crippen LogP contribution in [-0.2, 0) is 0 Å². The molecular formula is C10H6FNOS2. The zero-order valence-electron chi connectivity index (χ0n) is 7.51. The molecule has 0 aliphatic rings. The van der Waals surface area contributed by atoms with Crippen LogP contribution < -0.4 is 0 Å². The maximum absolute atomic E-state index is 13.4. The predicted octanol–water partition coefficient (Wildman–Crippen LogP) is 3.25. The van der Waals surface area contributed by atoms with E-state index in [1.54, 1.807) is 12.3 Å². The van der Waals surface area contributed by atoms with Crippen LogP contribution >= 0.6 is 23.1 Å². The van der Waals surface area contributed by atoms with Gasteiger partial charge in [0.1, 0.15) is 5.82 Å². The van der Waals surface area contributed by atoms with E-state index in [-0.39, 0.29) is 5.82 Å². The maximum atomic E-state index is 13.4. The first kappa shape index (κ1) is 10.3. The second kappa shape index (κ2) is 4.55. The summed E-state index contributed by atoms with van der Waals surface area (Å²) in [4.78, 5) is 15.1. The van der Waals surface area contributed by atoms with Gasteiger partial charge >= 0.3 is 0 Å². The van der Waals surface area contributed by atoms with Gasteiger partial charge in [-0.3, -0.25) is 4.79 Å². The fourth-order valence-electron chi connectivity index (χ4n) is 1.07. The second-order valence-corrected chi connectivity index (χ2v) is 4.83. The summed E-state index contributed by atoms with van der Waals surface area (Å²) in [5.74, 6) is -0.389. The van der Waals surface area contributed by atoms with Crippen LogP contribution in [0.25, 0.3) is 0 Å². The molecule has 5 heteroatoms. The van der Waals surface area contributed by atoms with E-state index >= 15 is 0 Å². The highest BCUT2D eigenvalue weighted by atomic mass is 32.2. The molecule has 0 aliphatic carbocycles. The number of hydrogen-bond acceptors (Lipinski definition) is 4. The summed E-state index contributed by atoms with van der Waals surface area (Å²) in [5, 5.41) is 1.81. The molecule has 1 heterocycles. The van der Waals surface area contributed by atoms with Gasteiger partial charge in [-0.2, -0.15) is 0 Å². The van der Waals surface area contributed by atoms with E-state index in [2.05, 4.69) is 4.98 Å². The molecule has 0 saturated carbocycles. The molecule has 2 rings (SSSR count). The van der Waals surface area contributed by atoms with E-state index in [1.807, 2.05) is 5.38 Å². The summed E-state index contributed by atoms with van der Waals surface area (Å²) in [7, 11) is 0.